The molecule has 0 spiro atoms. The van der Waals surface area contributed by atoms with Crippen molar-refractivity contribution in [2.75, 3.05) is 13.2 Å². The van der Waals surface area contributed by atoms with Crippen molar-refractivity contribution in [3.63, 3.8) is 0 Å². The van der Waals surface area contributed by atoms with Crippen molar-refractivity contribution in [2.45, 2.75) is 475 Å². The molecule has 2 atom stereocenters. The van der Waals surface area contributed by atoms with Gasteiger partial charge in [0.15, 0.2) is 0 Å². The van der Waals surface area contributed by atoms with Gasteiger partial charge in [-0.3, -0.25) is 9.59 Å². The average Bonchev–Trinajstić information content (AvgIpc) is 3.58. The molecule has 522 valence electrons. The Labute approximate surface area is 551 Å². The number of nitrogens with one attached hydrogen (secondary N) is 1. The smallest absolute Gasteiger partial charge is 0.305 e. The number of aliphatic hydroxyl groups is 2. The van der Waals surface area contributed by atoms with Crippen LogP contribution in [0.2, 0.25) is 0 Å². The van der Waals surface area contributed by atoms with Gasteiger partial charge in [0.2, 0.25) is 5.91 Å². The number of hydrogen-bond acceptors (Lipinski definition) is 5. The topological polar surface area (TPSA) is 95.9 Å². The number of carbonyl (C=O) groups excluding carboxylic acids is 2. The molecule has 0 aromatic heterocycles. The summed E-state index contributed by atoms with van der Waals surface area (Å²) in [6.07, 6.45) is 100. The number of allylic oxidation sites excluding steroid dienone is 3. The summed E-state index contributed by atoms with van der Waals surface area (Å²) < 4.78 is 5.52. The zero-order chi connectivity index (χ0) is 63.5. The molecule has 0 bridgehead atoms. The molecular weight excluding hydrogens is 1080 g/mol. The Morgan fingerprint density at radius 1 is 0.307 bits per heavy atom. The summed E-state index contributed by atoms with van der Waals surface area (Å²) in [5.41, 5.74) is 0. The van der Waals surface area contributed by atoms with Crippen LogP contribution in [0.3, 0.4) is 0 Å². The second kappa shape index (κ2) is 77.8. The van der Waals surface area contributed by atoms with E-state index in [1.807, 2.05) is 6.08 Å². The fourth-order valence-electron chi connectivity index (χ4n) is 13.0. The van der Waals surface area contributed by atoms with Crippen LogP contribution in [0.4, 0.5) is 0 Å². The quantitative estimate of drug-likeness (QED) is 0.0320. The normalized spacial score (nSPS) is 12.5. The molecule has 88 heavy (non-hydrogen) atoms. The molecule has 1 amide bonds. The van der Waals surface area contributed by atoms with E-state index in [0.29, 0.717) is 19.4 Å². The highest BCUT2D eigenvalue weighted by atomic mass is 16.5. The van der Waals surface area contributed by atoms with Crippen molar-refractivity contribution in [2.24, 2.45) is 0 Å². The molecule has 0 aromatic rings. The maximum Gasteiger partial charge on any atom is 0.305 e. The maximum absolute atomic E-state index is 12.5. The molecule has 6 nitrogen and oxygen atoms in total. The molecule has 6 heteroatoms. The van der Waals surface area contributed by atoms with Gasteiger partial charge in [-0.1, -0.05) is 417 Å². The van der Waals surface area contributed by atoms with Gasteiger partial charge in [0, 0.05) is 12.8 Å². The Morgan fingerprint density at radius 2 is 0.534 bits per heavy atom. The van der Waals surface area contributed by atoms with Gasteiger partial charge >= 0.3 is 5.97 Å². The van der Waals surface area contributed by atoms with Crippen LogP contribution in [0.25, 0.3) is 0 Å². The minimum atomic E-state index is -0.842. The number of carbonyl (C=O) groups is 2. The molecule has 2 unspecified atom stereocenters. The highest BCUT2D eigenvalue weighted by Gasteiger charge is 2.18. The summed E-state index contributed by atoms with van der Waals surface area (Å²) in [4.78, 5) is 24.7. The maximum atomic E-state index is 12.5. The largest absolute Gasteiger partial charge is 0.466 e. The number of rotatable bonds is 77. The summed E-state index contributed by atoms with van der Waals surface area (Å²) >= 11 is 0. The number of esters is 1. The van der Waals surface area contributed by atoms with Gasteiger partial charge in [-0.15, -0.1) is 0 Å². The lowest BCUT2D eigenvalue weighted by molar-refractivity contribution is -0.143. The van der Waals surface area contributed by atoms with E-state index in [0.717, 1.165) is 38.5 Å². The third-order valence-electron chi connectivity index (χ3n) is 19.2. The highest BCUT2D eigenvalue weighted by molar-refractivity contribution is 5.76. The molecule has 0 heterocycles. The Bertz CT molecular complexity index is 1380. The van der Waals surface area contributed by atoms with E-state index in [1.54, 1.807) is 6.08 Å². The predicted octanol–water partition coefficient (Wildman–Crippen LogP) is 26.8. The van der Waals surface area contributed by atoms with E-state index in [1.165, 1.54) is 398 Å². The van der Waals surface area contributed by atoms with Gasteiger partial charge in [0.1, 0.15) is 0 Å². The molecule has 0 aliphatic heterocycles. The van der Waals surface area contributed by atoms with Crippen LogP contribution in [0, 0.1) is 0 Å². The zero-order valence-electron chi connectivity index (χ0n) is 60.0. The van der Waals surface area contributed by atoms with Crippen LogP contribution < -0.4 is 5.32 Å². The molecule has 0 saturated carbocycles. The molecule has 3 N–H and O–H groups in total. The second-order valence-electron chi connectivity index (χ2n) is 28.1. The average molecular weight is 1240 g/mol. The number of ether oxygens (including phenoxy) is 1. The van der Waals surface area contributed by atoms with E-state index in [-0.39, 0.29) is 18.5 Å². The van der Waals surface area contributed by atoms with Crippen molar-refractivity contribution < 1.29 is 24.5 Å². The molecule has 0 aromatic carbocycles. The lowest BCUT2D eigenvalue weighted by atomic mass is 10.0. The monoisotopic (exact) mass is 1240 g/mol. The molecule has 0 saturated heterocycles. The third-order valence-corrected chi connectivity index (χ3v) is 19.2. The summed E-state index contributed by atoms with van der Waals surface area (Å²) in [5.74, 6) is -0.0388. The van der Waals surface area contributed by atoms with Gasteiger partial charge in [0.05, 0.1) is 25.4 Å². The van der Waals surface area contributed by atoms with Crippen molar-refractivity contribution in [1.82, 2.24) is 5.32 Å². The van der Waals surface area contributed by atoms with Crippen LogP contribution in [0.15, 0.2) is 24.3 Å². The molecular formula is C82H159NO5. The number of hydrogen-bond donors (Lipinski definition) is 3. The van der Waals surface area contributed by atoms with Crippen LogP contribution in [0.1, 0.15) is 463 Å². The van der Waals surface area contributed by atoms with Gasteiger partial charge < -0.3 is 20.3 Å². The van der Waals surface area contributed by atoms with Crippen LogP contribution in [-0.4, -0.2) is 47.4 Å². The summed E-state index contributed by atoms with van der Waals surface area (Å²) in [6, 6.07) is -0.625. The summed E-state index contributed by atoms with van der Waals surface area (Å²) in [6.45, 7) is 4.96. The van der Waals surface area contributed by atoms with E-state index in [9.17, 15) is 19.8 Å². The van der Waals surface area contributed by atoms with Crippen molar-refractivity contribution in [3.05, 3.63) is 24.3 Å². The Balaban J connectivity index is 3.33. The van der Waals surface area contributed by atoms with E-state index in [2.05, 4.69) is 31.3 Å². The lowest BCUT2D eigenvalue weighted by Crippen LogP contribution is -2.45. The highest BCUT2D eigenvalue weighted by Crippen LogP contribution is 2.20. The fraction of sp³-hybridized carbons (Fsp3) is 0.927. The Morgan fingerprint density at radius 3 is 0.807 bits per heavy atom. The second-order valence-corrected chi connectivity index (χ2v) is 28.1. The van der Waals surface area contributed by atoms with Gasteiger partial charge in [0.25, 0.3) is 0 Å². The van der Waals surface area contributed by atoms with Crippen molar-refractivity contribution >= 4 is 11.9 Å². The zero-order valence-corrected chi connectivity index (χ0v) is 60.0. The van der Waals surface area contributed by atoms with Crippen LogP contribution in [-0.2, 0) is 14.3 Å². The summed E-state index contributed by atoms with van der Waals surface area (Å²) in [7, 11) is 0. The predicted molar refractivity (Wildman–Crippen MR) is 389 cm³/mol. The van der Waals surface area contributed by atoms with E-state index in [4.69, 9.17) is 4.74 Å². The van der Waals surface area contributed by atoms with Gasteiger partial charge in [-0.05, 0) is 57.8 Å². The minimum Gasteiger partial charge on any atom is -0.466 e. The minimum absolute atomic E-state index is 0.0196. The standard InChI is InChI=1S/C82H159NO5/c1-3-5-7-9-11-13-15-17-19-21-23-39-42-46-50-54-58-62-66-70-74-80(85)79(78-84)83-81(86)75-71-67-63-59-55-51-47-43-40-37-35-33-31-29-27-25-24-26-28-30-32-34-36-38-41-45-49-53-57-61-65-69-73-77-88-82(87)76-72-68-64-60-56-52-48-44-22-20-18-16-14-12-10-8-6-4-2/h20,22,70,74,79-80,84-85H,3-19,21,23-69,71-73,75-78H2,1-2H3,(H,83,86)/b22-20-,74-70+. The Kier molecular flexibility index (Phi) is 76.3. The summed E-state index contributed by atoms with van der Waals surface area (Å²) in [5, 5.41) is 23.3. The van der Waals surface area contributed by atoms with Crippen LogP contribution in [0.5, 0.6) is 0 Å². The molecule has 0 rings (SSSR count). The number of unbranched alkanes of at least 4 members (excludes halogenated alkanes) is 64. The number of aliphatic hydroxyl groups excluding tert-OH is 2. The van der Waals surface area contributed by atoms with E-state index < -0.39 is 12.1 Å². The van der Waals surface area contributed by atoms with Crippen LogP contribution >= 0.6 is 0 Å². The number of amides is 1. The SMILES string of the molecule is CCCCCCCCC/C=C\CCCCCCCCCC(=O)OCCCCCCCCCCCCCCCCCCCCCCCCCCCCCCCCCCCC(=O)NC(CO)C(O)/C=C/CCCCCCCCCCCCCCCCCCCC. The molecule has 0 aliphatic carbocycles. The first-order valence-corrected chi connectivity index (χ1v) is 40.6. The molecule has 0 fully saturated rings. The van der Waals surface area contributed by atoms with Gasteiger partial charge in [-0.2, -0.15) is 0 Å². The molecule has 0 aliphatic rings. The first-order chi connectivity index (χ1) is 43.5. The van der Waals surface area contributed by atoms with Gasteiger partial charge in [-0.25, -0.2) is 0 Å². The first-order valence-electron chi connectivity index (χ1n) is 40.6. The Hall–Kier alpha value is -1.66. The lowest BCUT2D eigenvalue weighted by Gasteiger charge is -2.20. The van der Waals surface area contributed by atoms with E-state index >= 15 is 0 Å². The van der Waals surface area contributed by atoms with Crippen molar-refractivity contribution in [3.8, 4) is 0 Å². The fourth-order valence-corrected chi connectivity index (χ4v) is 13.0. The third kappa shape index (κ3) is 73.4. The molecule has 0 radical (unpaired) electrons. The van der Waals surface area contributed by atoms with Crippen molar-refractivity contribution in [1.29, 1.82) is 0 Å². The first kappa shape index (κ1) is 86.3.